The number of para-hydroxylation sites is 1. The highest BCUT2D eigenvalue weighted by atomic mass is 15.2. The fraction of sp³-hybridized carbons (Fsp3) is 0.375. The molecule has 4 heteroatoms. The Morgan fingerprint density at radius 1 is 1.20 bits per heavy atom. The summed E-state index contributed by atoms with van der Waals surface area (Å²) in [7, 11) is 0. The van der Waals surface area contributed by atoms with Gasteiger partial charge >= 0.3 is 0 Å². The van der Waals surface area contributed by atoms with Crippen molar-refractivity contribution in [2.45, 2.75) is 33.2 Å². The Balaban J connectivity index is 2.44. The molecular formula is C16H22N4. The summed E-state index contributed by atoms with van der Waals surface area (Å²) in [5, 5.41) is 0. The van der Waals surface area contributed by atoms with Crippen molar-refractivity contribution in [2.24, 2.45) is 5.73 Å². The maximum Gasteiger partial charge on any atom is 0.131 e. The lowest BCUT2D eigenvalue weighted by atomic mass is 10.2. The highest BCUT2D eigenvalue weighted by Crippen LogP contribution is 2.27. The van der Waals surface area contributed by atoms with Crippen molar-refractivity contribution in [1.82, 2.24) is 9.97 Å². The van der Waals surface area contributed by atoms with Gasteiger partial charge in [-0.3, -0.25) is 0 Å². The van der Waals surface area contributed by atoms with E-state index in [2.05, 4.69) is 47.8 Å². The Kier molecular flexibility index (Phi) is 4.69. The van der Waals surface area contributed by atoms with Crippen LogP contribution >= 0.6 is 0 Å². The number of rotatable bonds is 5. The summed E-state index contributed by atoms with van der Waals surface area (Å²) >= 11 is 0. The van der Waals surface area contributed by atoms with Crippen molar-refractivity contribution in [2.75, 3.05) is 11.4 Å². The van der Waals surface area contributed by atoms with Gasteiger partial charge in [0.1, 0.15) is 5.82 Å². The largest absolute Gasteiger partial charge is 0.339 e. The Bertz CT molecular complexity index is 552. The number of benzene rings is 1. The van der Waals surface area contributed by atoms with E-state index in [0.717, 1.165) is 29.4 Å². The molecule has 1 heterocycles. The van der Waals surface area contributed by atoms with Crippen molar-refractivity contribution < 1.29 is 0 Å². The third kappa shape index (κ3) is 2.96. The van der Waals surface area contributed by atoms with Crippen molar-refractivity contribution in [1.29, 1.82) is 0 Å². The van der Waals surface area contributed by atoms with Crippen LogP contribution in [0.1, 0.15) is 38.2 Å². The van der Waals surface area contributed by atoms with Crippen LogP contribution in [0.25, 0.3) is 0 Å². The normalized spacial score (nSPS) is 10.8. The van der Waals surface area contributed by atoms with Gasteiger partial charge in [-0.1, -0.05) is 32.0 Å². The molecule has 0 atom stereocenters. The van der Waals surface area contributed by atoms with Crippen LogP contribution in [0.4, 0.5) is 11.4 Å². The summed E-state index contributed by atoms with van der Waals surface area (Å²) < 4.78 is 0. The smallest absolute Gasteiger partial charge is 0.131 e. The van der Waals surface area contributed by atoms with Gasteiger partial charge in [-0.05, 0) is 19.1 Å². The lowest BCUT2D eigenvalue weighted by molar-refractivity contribution is 0.753. The van der Waals surface area contributed by atoms with Gasteiger partial charge < -0.3 is 10.6 Å². The molecular weight excluding hydrogens is 248 g/mol. The van der Waals surface area contributed by atoms with E-state index in [9.17, 15) is 0 Å². The number of aromatic nitrogens is 2. The first-order chi connectivity index (χ1) is 9.67. The van der Waals surface area contributed by atoms with Gasteiger partial charge in [-0.15, -0.1) is 0 Å². The average Bonchev–Trinajstić information content (AvgIpc) is 2.49. The zero-order valence-electron chi connectivity index (χ0n) is 12.4. The van der Waals surface area contributed by atoms with E-state index >= 15 is 0 Å². The number of anilines is 2. The Hall–Kier alpha value is -1.94. The zero-order chi connectivity index (χ0) is 14.5. The summed E-state index contributed by atoms with van der Waals surface area (Å²) in [6, 6.07) is 10.2. The minimum absolute atomic E-state index is 0.307. The summed E-state index contributed by atoms with van der Waals surface area (Å²) in [6.07, 6.45) is 1.89. The van der Waals surface area contributed by atoms with Crippen LogP contribution in [-0.2, 0) is 6.54 Å². The molecule has 1 aromatic carbocycles. The van der Waals surface area contributed by atoms with E-state index in [-0.39, 0.29) is 0 Å². The van der Waals surface area contributed by atoms with E-state index < -0.39 is 0 Å². The van der Waals surface area contributed by atoms with Crippen LogP contribution < -0.4 is 10.6 Å². The lowest BCUT2D eigenvalue weighted by Gasteiger charge is -2.25. The van der Waals surface area contributed by atoms with Crippen LogP contribution in [0.15, 0.2) is 36.5 Å². The molecule has 0 saturated heterocycles. The molecule has 0 aliphatic heterocycles. The Labute approximate surface area is 120 Å². The van der Waals surface area contributed by atoms with Crippen LogP contribution in [0.5, 0.6) is 0 Å². The molecule has 0 aliphatic rings. The minimum atomic E-state index is 0.307. The van der Waals surface area contributed by atoms with Crippen molar-refractivity contribution in [3.63, 3.8) is 0 Å². The van der Waals surface area contributed by atoms with Gasteiger partial charge in [-0.25, -0.2) is 9.97 Å². The highest BCUT2D eigenvalue weighted by Gasteiger charge is 2.14. The molecule has 0 bridgehead atoms. The lowest BCUT2D eigenvalue weighted by Crippen LogP contribution is -2.20. The average molecular weight is 270 g/mol. The highest BCUT2D eigenvalue weighted by molar-refractivity contribution is 5.64. The quantitative estimate of drug-likeness (QED) is 0.906. The van der Waals surface area contributed by atoms with Crippen LogP contribution in [0.2, 0.25) is 0 Å². The molecule has 0 aliphatic carbocycles. The number of hydrogen-bond donors (Lipinski definition) is 1. The molecule has 0 unspecified atom stereocenters. The van der Waals surface area contributed by atoms with Gasteiger partial charge in [0.15, 0.2) is 0 Å². The first-order valence-electron chi connectivity index (χ1n) is 7.05. The summed E-state index contributed by atoms with van der Waals surface area (Å²) in [5.41, 5.74) is 8.89. The monoisotopic (exact) mass is 270 g/mol. The summed E-state index contributed by atoms with van der Waals surface area (Å²) in [5.74, 6) is 1.15. The second-order valence-electron chi connectivity index (χ2n) is 5.00. The van der Waals surface area contributed by atoms with E-state index in [1.165, 1.54) is 0 Å². The second-order valence-corrected chi connectivity index (χ2v) is 5.00. The second kappa shape index (κ2) is 6.48. The molecule has 2 aromatic rings. The standard InChI is InChI=1S/C16H22N4/c1-4-20(13-8-6-5-7-9-13)15-11-18-16(12(2)3)19-14(15)10-17/h5-9,11-12H,4,10,17H2,1-3H3. The van der Waals surface area contributed by atoms with Gasteiger partial charge in [0.2, 0.25) is 0 Å². The van der Waals surface area contributed by atoms with Crippen molar-refractivity contribution >= 4 is 11.4 Å². The number of nitrogens with two attached hydrogens (primary N) is 1. The molecule has 2 rings (SSSR count). The molecule has 0 saturated carbocycles. The molecule has 1 aromatic heterocycles. The molecule has 20 heavy (non-hydrogen) atoms. The summed E-state index contributed by atoms with van der Waals surface area (Å²) in [6.45, 7) is 7.56. The molecule has 106 valence electrons. The van der Waals surface area contributed by atoms with Crippen LogP contribution in [0, 0.1) is 0 Å². The molecule has 4 nitrogen and oxygen atoms in total. The minimum Gasteiger partial charge on any atom is -0.339 e. The maximum atomic E-state index is 5.87. The Morgan fingerprint density at radius 2 is 1.90 bits per heavy atom. The maximum absolute atomic E-state index is 5.87. The van der Waals surface area contributed by atoms with E-state index in [1.807, 2.05) is 24.4 Å². The van der Waals surface area contributed by atoms with Gasteiger partial charge in [-0.2, -0.15) is 0 Å². The van der Waals surface area contributed by atoms with E-state index in [4.69, 9.17) is 5.73 Å². The van der Waals surface area contributed by atoms with Crippen LogP contribution in [0.3, 0.4) is 0 Å². The summed E-state index contributed by atoms with van der Waals surface area (Å²) in [4.78, 5) is 11.3. The third-order valence-corrected chi connectivity index (χ3v) is 3.25. The number of hydrogen-bond acceptors (Lipinski definition) is 4. The first kappa shape index (κ1) is 14.5. The first-order valence-corrected chi connectivity index (χ1v) is 7.05. The van der Waals surface area contributed by atoms with Crippen molar-refractivity contribution in [3.05, 3.63) is 48.0 Å². The van der Waals surface area contributed by atoms with E-state index in [1.54, 1.807) is 0 Å². The Morgan fingerprint density at radius 3 is 2.45 bits per heavy atom. The molecule has 2 N–H and O–H groups in total. The topological polar surface area (TPSA) is 55.0 Å². The fourth-order valence-electron chi connectivity index (χ4n) is 2.18. The van der Waals surface area contributed by atoms with Crippen molar-refractivity contribution in [3.8, 4) is 0 Å². The number of nitrogens with zero attached hydrogens (tertiary/aromatic N) is 3. The van der Waals surface area contributed by atoms with Gasteiger partial charge in [0.25, 0.3) is 0 Å². The fourth-order valence-corrected chi connectivity index (χ4v) is 2.18. The van der Waals surface area contributed by atoms with E-state index in [0.29, 0.717) is 12.5 Å². The molecule has 0 amide bonds. The molecule has 0 spiro atoms. The zero-order valence-corrected chi connectivity index (χ0v) is 12.4. The molecule has 0 fully saturated rings. The predicted octanol–water partition coefficient (Wildman–Crippen LogP) is 3.22. The van der Waals surface area contributed by atoms with Gasteiger partial charge in [0.05, 0.1) is 17.6 Å². The van der Waals surface area contributed by atoms with Gasteiger partial charge in [0, 0.05) is 24.7 Å². The molecule has 0 radical (unpaired) electrons. The SMILES string of the molecule is CCN(c1ccccc1)c1cnc(C(C)C)nc1CN. The van der Waals surface area contributed by atoms with Crippen LogP contribution in [-0.4, -0.2) is 16.5 Å². The predicted molar refractivity (Wildman–Crippen MR) is 83.1 cm³/mol. The third-order valence-electron chi connectivity index (χ3n) is 3.25.